The number of ketones is 1. The summed E-state index contributed by atoms with van der Waals surface area (Å²) >= 11 is 0. The van der Waals surface area contributed by atoms with Gasteiger partial charge in [-0.15, -0.1) is 0 Å². The number of rotatable bonds is 10. The molecule has 0 aliphatic heterocycles. The average Bonchev–Trinajstić information content (AvgIpc) is 3.35. The van der Waals surface area contributed by atoms with Crippen molar-refractivity contribution in [3.8, 4) is 39.7 Å². The molecule has 0 unspecified atom stereocenters. The monoisotopic (exact) mass is 477 g/mol. The highest BCUT2D eigenvalue weighted by Gasteiger charge is 2.18. The number of aliphatic hydroxyl groups excluding tert-OH is 2. The summed E-state index contributed by atoms with van der Waals surface area (Å²) in [6.07, 6.45) is 1.13. The summed E-state index contributed by atoms with van der Waals surface area (Å²) in [5.74, 6) is 1.97. The van der Waals surface area contributed by atoms with Crippen LogP contribution in [0.4, 0.5) is 0 Å². The fraction of sp³-hybridized carbons (Fsp3) is 0.259. The van der Waals surface area contributed by atoms with Crippen LogP contribution in [0.15, 0.2) is 59.1 Å². The molecule has 0 radical (unpaired) electrons. The van der Waals surface area contributed by atoms with E-state index in [1.165, 1.54) is 0 Å². The number of aromatic nitrogens is 1. The van der Waals surface area contributed by atoms with Crippen LogP contribution in [-0.4, -0.2) is 55.0 Å². The molecule has 4 aromatic rings. The van der Waals surface area contributed by atoms with Crippen molar-refractivity contribution in [1.29, 1.82) is 0 Å². The van der Waals surface area contributed by atoms with E-state index in [2.05, 4.69) is 4.98 Å². The zero-order chi connectivity index (χ0) is 24.9. The van der Waals surface area contributed by atoms with Crippen LogP contribution in [0.1, 0.15) is 23.2 Å². The van der Waals surface area contributed by atoms with Gasteiger partial charge in [0.05, 0.1) is 34.0 Å². The van der Waals surface area contributed by atoms with Crippen molar-refractivity contribution < 1.29 is 33.6 Å². The third kappa shape index (κ3) is 4.99. The van der Waals surface area contributed by atoms with E-state index >= 15 is 0 Å². The second-order valence-corrected chi connectivity index (χ2v) is 7.98. The molecule has 2 heterocycles. The highest BCUT2D eigenvalue weighted by atomic mass is 16.5. The lowest BCUT2D eigenvalue weighted by Gasteiger charge is -2.13. The summed E-state index contributed by atoms with van der Waals surface area (Å²) in [5, 5.41) is 18.5. The summed E-state index contributed by atoms with van der Waals surface area (Å²) in [6.45, 7) is -0.366. The van der Waals surface area contributed by atoms with Gasteiger partial charge in [-0.3, -0.25) is 9.78 Å². The van der Waals surface area contributed by atoms with E-state index in [4.69, 9.17) is 23.7 Å². The Morgan fingerprint density at radius 1 is 1.00 bits per heavy atom. The number of Topliss-reactive ketones (excluding diaryl/α,β-unsaturated/α-hetero) is 1. The predicted molar refractivity (Wildman–Crippen MR) is 131 cm³/mol. The summed E-state index contributed by atoms with van der Waals surface area (Å²) in [6, 6.07) is 14.5. The van der Waals surface area contributed by atoms with E-state index < -0.39 is 6.10 Å². The first kappa shape index (κ1) is 24.3. The molecule has 182 valence electrons. The third-order valence-electron chi connectivity index (χ3n) is 5.77. The van der Waals surface area contributed by atoms with E-state index in [0.717, 1.165) is 16.7 Å². The highest BCUT2D eigenvalue weighted by molar-refractivity contribution is 5.99. The maximum absolute atomic E-state index is 12.6. The summed E-state index contributed by atoms with van der Waals surface area (Å²) in [4.78, 5) is 17.1. The zero-order valence-electron chi connectivity index (χ0n) is 19.8. The molecule has 8 heteroatoms. The molecule has 0 bridgehead atoms. The number of benzene rings is 2. The molecule has 0 spiro atoms. The Morgan fingerprint density at radius 2 is 1.74 bits per heavy atom. The van der Waals surface area contributed by atoms with E-state index in [-0.39, 0.29) is 25.2 Å². The number of aliphatic hydroxyl groups is 2. The van der Waals surface area contributed by atoms with Crippen molar-refractivity contribution in [3.05, 3.63) is 60.3 Å². The molecule has 0 saturated carbocycles. The van der Waals surface area contributed by atoms with Crippen LogP contribution in [0.5, 0.6) is 17.2 Å². The molecule has 8 nitrogen and oxygen atoms in total. The molecule has 2 aromatic carbocycles. The number of carbonyl (C=O) groups excluding carboxylic acids is 1. The first-order valence-corrected chi connectivity index (χ1v) is 11.1. The lowest BCUT2D eigenvalue weighted by molar-refractivity contribution is 0.0779. The number of fused-ring (bicyclic) bond motifs is 1. The van der Waals surface area contributed by atoms with Gasteiger partial charge in [0, 0.05) is 35.4 Å². The lowest BCUT2D eigenvalue weighted by Crippen LogP contribution is -2.14. The van der Waals surface area contributed by atoms with Gasteiger partial charge < -0.3 is 28.8 Å². The minimum atomic E-state index is -0.904. The molecule has 35 heavy (non-hydrogen) atoms. The summed E-state index contributed by atoms with van der Waals surface area (Å²) in [7, 11) is 4.65. The van der Waals surface area contributed by atoms with Crippen LogP contribution in [0.25, 0.3) is 33.6 Å². The van der Waals surface area contributed by atoms with Gasteiger partial charge in [-0.25, -0.2) is 0 Å². The molecule has 2 aromatic heterocycles. The smallest absolute Gasteiger partial charge is 0.203 e. The Kier molecular flexibility index (Phi) is 7.33. The predicted octanol–water partition coefficient (Wildman–Crippen LogP) is 4.50. The van der Waals surface area contributed by atoms with Crippen molar-refractivity contribution in [2.45, 2.75) is 18.9 Å². The van der Waals surface area contributed by atoms with Crippen molar-refractivity contribution in [2.24, 2.45) is 0 Å². The van der Waals surface area contributed by atoms with Gasteiger partial charge in [-0.1, -0.05) is 18.2 Å². The van der Waals surface area contributed by atoms with Gasteiger partial charge >= 0.3 is 0 Å². The third-order valence-corrected chi connectivity index (χ3v) is 5.77. The van der Waals surface area contributed by atoms with Crippen LogP contribution in [0.2, 0.25) is 0 Å². The van der Waals surface area contributed by atoms with Crippen molar-refractivity contribution in [2.75, 3.05) is 27.9 Å². The number of nitrogens with zero attached hydrogens (tertiary/aromatic N) is 1. The number of furan rings is 1. The minimum absolute atomic E-state index is 0.109. The zero-order valence-corrected chi connectivity index (χ0v) is 19.8. The second-order valence-electron chi connectivity index (χ2n) is 7.98. The quantitative estimate of drug-likeness (QED) is 0.321. The van der Waals surface area contributed by atoms with Crippen LogP contribution in [0.3, 0.4) is 0 Å². The molecule has 2 N–H and O–H groups in total. The molecule has 4 rings (SSSR count). The average molecular weight is 478 g/mol. The summed E-state index contributed by atoms with van der Waals surface area (Å²) in [5.41, 5.74) is 4.09. The molecule has 0 amide bonds. The standard InChI is InChI=1S/C27H27NO7/c1-32-24-12-18(13-25(33-2)27(24)34-3)23-14-21-26(35-23)20(9-10-28-21)16-5-4-6-17(11-16)22(31)8-7-19(30)15-29/h4-6,9-14,19,29-30H,7-8,15H2,1-3H3/t19-/m1/s1. The molecule has 0 aliphatic rings. The van der Waals surface area contributed by atoms with Gasteiger partial charge in [0.15, 0.2) is 22.9 Å². The molecule has 0 saturated heterocycles. The van der Waals surface area contributed by atoms with Gasteiger partial charge in [-0.2, -0.15) is 0 Å². The Hall–Kier alpha value is -3.88. The largest absolute Gasteiger partial charge is 0.493 e. The fourth-order valence-electron chi connectivity index (χ4n) is 3.92. The fourth-order valence-corrected chi connectivity index (χ4v) is 3.92. The Balaban J connectivity index is 1.73. The maximum Gasteiger partial charge on any atom is 0.203 e. The van der Waals surface area contributed by atoms with Gasteiger partial charge in [0.25, 0.3) is 0 Å². The van der Waals surface area contributed by atoms with Gasteiger partial charge in [0.2, 0.25) is 5.75 Å². The van der Waals surface area contributed by atoms with Crippen molar-refractivity contribution in [1.82, 2.24) is 4.98 Å². The molecular formula is C27H27NO7. The van der Waals surface area contributed by atoms with E-state index in [1.807, 2.05) is 18.2 Å². The van der Waals surface area contributed by atoms with Crippen LogP contribution < -0.4 is 14.2 Å². The SMILES string of the molecule is COc1cc(-c2cc3nccc(-c4cccc(C(=O)CC[C@@H](O)CO)c4)c3o2)cc(OC)c1OC. The van der Waals surface area contributed by atoms with E-state index in [9.17, 15) is 9.90 Å². The number of ether oxygens (including phenoxy) is 3. The molecule has 0 fully saturated rings. The molecular weight excluding hydrogens is 450 g/mol. The van der Waals surface area contributed by atoms with Crippen LogP contribution in [-0.2, 0) is 0 Å². The minimum Gasteiger partial charge on any atom is -0.493 e. The van der Waals surface area contributed by atoms with Crippen molar-refractivity contribution >= 4 is 16.9 Å². The normalized spacial score (nSPS) is 11.9. The molecule has 1 atom stereocenters. The second kappa shape index (κ2) is 10.6. The maximum atomic E-state index is 12.6. The lowest BCUT2D eigenvalue weighted by atomic mass is 9.99. The number of hydrogen-bond donors (Lipinski definition) is 2. The van der Waals surface area contributed by atoms with Gasteiger partial charge in [0.1, 0.15) is 11.3 Å². The van der Waals surface area contributed by atoms with Crippen LogP contribution in [0, 0.1) is 0 Å². The Labute approximate surface area is 202 Å². The van der Waals surface area contributed by atoms with E-state index in [1.54, 1.807) is 57.9 Å². The Bertz CT molecular complexity index is 1320. The highest BCUT2D eigenvalue weighted by Crippen LogP contribution is 2.42. The Morgan fingerprint density at radius 3 is 2.40 bits per heavy atom. The number of pyridine rings is 1. The number of carbonyl (C=O) groups is 1. The molecule has 0 aliphatic carbocycles. The summed E-state index contributed by atoms with van der Waals surface area (Å²) < 4.78 is 22.6. The van der Waals surface area contributed by atoms with Crippen molar-refractivity contribution in [3.63, 3.8) is 0 Å². The van der Waals surface area contributed by atoms with Crippen LogP contribution >= 0.6 is 0 Å². The number of methoxy groups -OCH3 is 3. The number of hydrogen-bond acceptors (Lipinski definition) is 8. The first-order chi connectivity index (χ1) is 17.0. The first-order valence-electron chi connectivity index (χ1n) is 11.1. The van der Waals surface area contributed by atoms with Gasteiger partial charge in [-0.05, 0) is 36.2 Å². The van der Waals surface area contributed by atoms with E-state index in [0.29, 0.717) is 39.7 Å². The topological polar surface area (TPSA) is 111 Å².